The fourth-order valence-electron chi connectivity index (χ4n) is 2.60. The summed E-state index contributed by atoms with van der Waals surface area (Å²) in [5.74, 6) is -1.55. The van der Waals surface area contributed by atoms with Gasteiger partial charge in [0, 0.05) is 11.5 Å². The number of carboxylic acids is 1. The van der Waals surface area contributed by atoms with E-state index in [0.29, 0.717) is 5.75 Å². The Morgan fingerprint density at radius 2 is 2.05 bits per heavy atom. The lowest BCUT2D eigenvalue weighted by Gasteiger charge is -2.19. The number of ether oxygens (including phenoxy) is 1. The average Bonchev–Trinajstić information content (AvgIpc) is 2.70. The van der Waals surface area contributed by atoms with Crippen LogP contribution in [0.15, 0.2) is 24.3 Å². The van der Waals surface area contributed by atoms with Gasteiger partial charge in [-0.1, -0.05) is 32.0 Å². The van der Waals surface area contributed by atoms with Gasteiger partial charge in [-0.25, -0.2) is 8.42 Å². The first kappa shape index (κ1) is 14.8. The zero-order chi connectivity index (χ0) is 14.9. The number of fused-ring (bicyclic) bond motifs is 1. The van der Waals surface area contributed by atoms with Crippen molar-refractivity contribution in [2.75, 3.05) is 12.4 Å². The van der Waals surface area contributed by atoms with Gasteiger partial charge in [-0.05, 0) is 12.0 Å². The highest BCUT2D eigenvalue weighted by Crippen LogP contribution is 2.35. The second-order valence-corrected chi connectivity index (χ2v) is 7.55. The highest BCUT2D eigenvalue weighted by molar-refractivity contribution is 7.92. The zero-order valence-electron chi connectivity index (χ0n) is 11.4. The van der Waals surface area contributed by atoms with Crippen molar-refractivity contribution in [3.8, 4) is 5.75 Å². The fourth-order valence-corrected chi connectivity index (χ4v) is 4.79. The topological polar surface area (TPSA) is 80.7 Å². The molecule has 0 aromatic heterocycles. The number of rotatable bonds is 5. The van der Waals surface area contributed by atoms with Crippen LogP contribution in [0.2, 0.25) is 0 Å². The van der Waals surface area contributed by atoms with E-state index >= 15 is 0 Å². The Hall–Kier alpha value is -1.56. The van der Waals surface area contributed by atoms with Crippen molar-refractivity contribution in [2.24, 2.45) is 5.92 Å². The molecule has 0 fully saturated rings. The number of carboxylic acid groups (broad SMARTS) is 1. The predicted octanol–water partition coefficient (Wildman–Crippen LogP) is 1.69. The van der Waals surface area contributed by atoms with E-state index in [4.69, 9.17) is 9.84 Å². The highest BCUT2D eigenvalue weighted by Gasteiger charge is 2.39. The quantitative estimate of drug-likeness (QED) is 0.894. The van der Waals surface area contributed by atoms with Crippen molar-refractivity contribution in [2.45, 2.75) is 25.0 Å². The van der Waals surface area contributed by atoms with Crippen LogP contribution in [0.3, 0.4) is 0 Å². The van der Waals surface area contributed by atoms with E-state index in [9.17, 15) is 13.2 Å². The first-order valence-electron chi connectivity index (χ1n) is 6.49. The fraction of sp³-hybridized carbons (Fsp3) is 0.500. The molecule has 0 aliphatic carbocycles. The molecule has 5 nitrogen and oxygen atoms in total. The minimum Gasteiger partial charge on any atom is -0.493 e. The van der Waals surface area contributed by atoms with Crippen LogP contribution in [0.4, 0.5) is 0 Å². The molecule has 0 saturated heterocycles. The third-order valence-corrected chi connectivity index (χ3v) is 5.85. The number of carbonyl (C=O) groups is 1. The van der Waals surface area contributed by atoms with E-state index in [0.717, 1.165) is 5.56 Å². The molecule has 1 heterocycles. The third-order valence-electron chi connectivity index (χ3n) is 3.47. The van der Waals surface area contributed by atoms with Crippen LogP contribution >= 0.6 is 0 Å². The predicted molar refractivity (Wildman–Crippen MR) is 74.7 cm³/mol. The second-order valence-electron chi connectivity index (χ2n) is 5.38. The largest absolute Gasteiger partial charge is 0.493 e. The first-order chi connectivity index (χ1) is 9.33. The van der Waals surface area contributed by atoms with Gasteiger partial charge in [0.1, 0.15) is 5.75 Å². The number of hydrogen-bond acceptors (Lipinski definition) is 4. The molecule has 0 spiro atoms. The summed E-state index contributed by atoms with van der Waals surface area (Å²) in [5, 5.41) is 7.77. The maximum atomic E-state index is 12.3. The van der Waals surface area contributed by atoms with Gasteiger partial charge in [0.25, 0.3) is 0 Å². The van der Waals surface area contributed by atoms with E-state index in [1.165, 1.54) is 0 Å². The van der Waals surface area contributed by atoms with Gasteiger partial charge in [0.15, 0.2) is 15.1 Å². The van der Waals surface area contributed by atoms with Crippen molar-refractivity contribution in [1.29, 1.82) is 0 Å². The summed E-state index contributed by atoms with van der Waals surface area (Å²) >= 11 is 0. The molecule has 0 radical (unpaired) electrons. The second kappa shape index (κ2) is 5.44. The van der Waals surface area contributed by atoms with Crippen molar-refractivity contribution in [3.05, 3.63) is 29.8 Å². The summed E-state index contributed by atoms with van der Waals surface area (Å²) in [6, 6.07) is 7.26. The number of benzene rings is 1. The molecule has 2 rings (SSSR count). The van der Waals surface area contributed by atoms with Crippen LogP contribution in [-0.2, 0) is 14.6 Å². The summed E-state index contributed by atoms with van der Waals surface area (Å²) in [5.41, 5.74) is 0.837. The molecule has 1 aromatic rings. The van der Waals surface area contributed by atoms with Crippen molar-refractivity contribution >= 4 is 15.8 Å². The van der Waals surface area contributed by atoms with Crippen LogP contribution in [0.1, 0.15) is 25.3 Å². The van der Waals surface area contributed by atoms with Crippen LogP contribution in [0.5, 0.6) is 5.75 Å². The number of aliphatic carboxylic acids is 1. The van der Waals surface area contributed by atoms with Gasteiger partial charge in [-0.2, -0.15) is 0 Å². The summed E-state index contributed by atoms with van der Waals surface area (Å²) < 4.78 is 30.1. The smallest absolute Gasteiger partial charge is 0.322 e. The maximum absolute atomic E-state index is 12.3. The molecule has 1 aliphatic heterocycles. The lowest BCUT2D eigenvalue weighted by Crippen LogP contribution is -2.38. The number of sulfone groups is 1. The normalized spacial score (nSPS) is 19.4. The molecule has 1 aromatic carbocycles. The average molecular weight is 298 g/mol. The van der Waals surface area contributed by atoms with E-state index < -0.39 is 27.0 Å². The lowest BCUT2D eigenvalue weighted by atomic mass is 10.0. The Bertz CT molecular complexity index is 606. The molecule has 20 heavy (non-hydrogen) atoms. The van der Waals surface area contributed by atoms with Gasteiger partial charge < -0.3 is 9.84 Å². The van der Waals surface area contributed by atoms with Crippen molar-refractivity contribution < 1.29 is 23.1 Å². The molecule has 2 atom stereocenters. The van der Waals surface area contributed by atoms with Crippen molar-refractivity contribution in [1.82, 2.24) is 0 Å². The molecule has 1 N–H and O–H groups in total. The Balaban J connectivity index is 2.24. The van der Waals surface area contributed by atoms with Crippen LogP contribution < -0.4 is 4.74 Å². The molecule has 1 aliphatic rings. The van der Waals surface area contributed by atoms with Gasteiger partial charge in [-0.15, -0.1) is 0 Å². The molecule has 110 valence electrons. The summed E-state index contributed by atoms with van der Waals surface area (Å²) in [7, 11) is -3.73. The summed E-state index contributed by atoms with van der Waals surface area (Å²) in [6.45, 7) is 3.49. The molecule has 2 unspecified atom stereocenters. The molecule has 0 amide bonds. The first-order valence-corrected chi connectivity index (χ1v) is 8.20. The maximum Gasteiger partial charge on any atom is 0.322 e. The lowest BCUT2D eigenvalue weighted by molar-refractivity contribution is -0.137. The number of para-hydroxylation sites is 1. The van der Waals surface area contributed by atoms with Crippen molar-refractivity contribution in [3.63, 3.8) is 0 Å². The van der Waals surface area contributed by atoms with E-state index in [1.807, 2.05) is 18.2 Å². The standard InChI is InChI=1S/C14H18O5S/c1-9(2)13(14(15)16)20(17,18)8-10-7-19-12-6-4-3-5-11(10)12/h3-6,9-10,13H,7-8H2,1-2H3,(H,15,16). The number of hydrogen-bond donors (Lipinski definition) is 1. The van der Waals surface area contributed by atoms with Gasteiger partial charge >= 0.3 is 5.97 Å². The Morgan fingerprint density at radius 1 is 1.40 bits per heavy atom. The minimum atomic E-state index is -3.73. The molecular weight excluding hydrogens is 280 g/mol. The van der Waals surface area contributed by atoms with E-state index in [-0.39, 0.29) is 18.3 Å². The molecule has 0 saturated carbocycles. The Labute approximate surface area is 118 Å². The molecular formula is C14H18O5S. The highest BCUT2D eigenvalue weighted by atomic mass is 32.2. The SMILES string of the molecule is CC(C)C(C(=O)O)S(=O)(=O)CC1COc2ccccc21. The third kappa shape index (κ3) is 2.80. The van der Waals surface area contributed by atoms with Crippen LogP contribution in [-0.4, -0.2) is 37.1 Å². The van der Waals surface area contributed by atoms with E-state index in [2.05, 4.69) is 0 Å². The minimum absolute atomic E-state index is 0.195. The van der Waals surface area contributed by atoms with E-state index in [1.54, 1.807) is 19.9 Å². The monoisotopic (exact) mass is 298 g/mol. The zero-order valence-corrected chi connectivity index (χ0v) is 12.3. The van der Waals surface area contributed by atoms with Gasteiger partial charge in [0.05, 0.1) is 12.4 Å². The Morgan fingerprint density at radius 3 is 2.65 bits per heavy atom. The molecule has 0 bridgehead atoms. The summed E-state index contributed by atoms with van der Waals surface area (Å²) in [4.78, 5) is 11.2. The molecule has 6 heteroatoms. The van der Waals surface area contributed by atoms with Gasteiger partial charge in [0.2, 0.25) is 0 Å². The Kier molecular flexibility index (Phi) is 4.04. The van der Waals surface area contributed by atoms with Crippen LogP contribution in [0, 0.1) is 5.92 Å². The van der Waals surface area contributed by atoms with Crippen LogP contribution in [0.25, 0.3) is 0 Å². The van der Waals surface area contributed by atoms with Gasteiger partial charge in [-0.3, -0.25) is 4.79 Å². The summed E-state index contributed by atoms with van der Waals surface area (Å²) in [6.07, 6.45) is 0.